The fourth-order valence-corrected chi connectivity index (χ4v) is 9.51. The molecule has 192 valence electrons. The van der Waals surface area contributed by atoms with Crippen LogP contribution in [0, 0.1) is 28.6 Å². The maximum atomic E-state index is 12.1. The summed E-state index contributed by atoms with van der Waals surface area (Å²) in [5, 5.41) is 4.69. The summed E-state index contributed by atoms with van der Waals surface area (Å²) in [5.74, 6) is 2.07. The van der Waals surface area contributed by atoms with E-state index in [1.165, 1.54) is 48.2 Å². The van der Waals surface area contributed by atoms with Crippen molar-refractivity contribution in [1.29, 1.82) is 0 Å². The third-order valence-electron chi connectivity index (χ3n) is 10.3. The van der Waals surface area contributed by atoms with Gasteiger partial charge < -0.3 is 10.1 Å². The van der Waals surface area contributed by atoms with Gasteiger partial charge in [-0.2, -0.15) is 0 Å². The normalized spacial score (nSPS) is 34.6. The highest BCUT2D eigenvalue weighted by atomic mass is 32.1. The van der Waals surface area contributed by atoms with Crippen molar-refractivity contribution in [2.45, 2.75) is 84.7 Å². The third kappa shape index (κ3) is 3.93. The molecule has 2 saturated carbocycles. The molecule has 2 fully saturated rings. The number of benzene rings is 1. The van der Waals surface area contributed by atoms with Crippen molar-refractivity contribution < 1.29 is 9.53 Å². The van der Waals surface area contributed by atoms with E-state index < -0.39 is 0 Å². The van der Waals surface area contributed by atoms with E-state index in [0.29, 0.717) is 18.3 Å². The van der Waals surface area contributed by atoms with Gasteiger partial charge in [-0.1, -0.05) is 68.5 Å². The van der Waals surface area contributed by atoms with Crippen LogP contribution in [-0.2, 0) is 22.4 Å². The van der Waals surface area contributed by atoms with Gasteiger partial charge in [-0.15, -0.1) is 0 Å². The van der Waals surface area contributed by atoms with Crippen molar-refractivity contribution >= 4 is 28.0 Å². The van der Waals surface area contributed by atoms with Crippen LogP contribution < -0.4 is 5.32 Å². The lowest BCUT2D eigenvalue weighted by Gasteiger charge is -2.56. The number of aryl methyl sites for hydroxylation is 1. The molecule has 0 spiro atoms. The molecule has 1 N–H and O–H groups in total. The molecule has 4 aliphatic carbocycles. The van der Waals surface area contributed by atoms with Crippen LogP contribution in [0.2, 0.25) is 0 Å². The summed E-state index contributed by atoms with van der Waals surface area (Å²) >= 11 is 1.87. The fourth-order valence-electron chi connectivity index (χ4n) is 8.30. The molecule has 0 amide bonds. The molecule has 4 aliphatic rings. The summed E-state index contributed by atoms with van der Waals surface area (Å²) in [6, 6.07) is 10.7. The lowest BCUT2D eigenvalue weighted by molar-refractivity contribution is -0.158. The number of carbonyl (C=O) groups is 1. The van der Waals surface area contributed by atoms with Crippen LogP contribution in [0.4, 0.5) is 5.13 Å². The van der Waals surface area contributed by atoms with Crippen LogP contribution in [0.5, 0.6) is 0 Å². The molecule has 4 nitrogen and oxygen atoms in total. The van der Waals surface area contributed by atoms with Gasteiger partial charge in [0.05, 0.1) is 10.6 Å². The van der Waals surface area contributed by atoms with Crippen molar-refractivity contribution in [3.05, 3.63) is 52.5 Å². The first-order chi connectivity index (χ1) is 17.4. The van der Waals surface area contributed by atoms with Crippen molar-refractivity contribution in [3.63, 3.8) is 0 Å². The largest absolute Gasteiger partial charge is 0.462 e. The Hall–Kier alpha value is -2.14. The van der Waals surface area contributed by atoms with Crippen molar-refractivity contribution in [3.8, 4) is 0 Å². The van der Waals surface area contributed by atoms with Crippen molar-refractivity contribution in [1.82, 2.24) is 4.98 Å². The van der Waals surface area contributed by atoms with Gasteiger partial charge in [-0.05, 0) is 85.7 Å². The Bertz CT molecular complexity index is 1160. The molecule has 0 aliphatic heterocycles. The molecule has 0 unspecified atom stereocenters. The summed E-state index contributed by atoms with van der Waals surface area (Å²) in [6.45, 7) is 7.80. The Labute approximate surface area is 219 Å². The third-order valence-corrected chi connectivity index (χ3v) is 11.4. The molecule has 6 rings (SSSR count). The summed E-state index contributed by atoms with van der Waals surface area (Å²) < 4.78 is 5.99. The van der Waals surface area contributed by atoms with Gasteiger partial charge in [0.25, 0.3) is 0 Å². The van der Waals surface area contributed by atoms with E-state index in [4.69, 9.17) is 9.72 Å². The number of anilines is 1. The van der Waals surface area contributed by atoms with Gasteiger partial charge in [0.1, 0.15) is 6.10 Å². The maximum absolute atomic E-state index is 12.1. The number of esters is 1. The van der Waals surface area contributed by atoms with E-state index in [1.807, 2.05) is 18.3 Å². The van der Waals surface area contributed by atoms with Gasteiger partial charge >= 0.3 is 5.97 Å². The molecule has 0 radical (unpaired) electrons. The zero-order valence-electron chi connectivity index (χ0n) is 22.0. The van der Waals surface area contributed by atoms with E-state index in [-0.39, 0.29) is 22.9 Å². The second kappa shape index (κ2) is 9.31. The molecule has 1 heterocycles. The number of ether oxygens (including phenoxy) is 1. The molecule has 0 saturated heterocycles. The van der Waals surface area contributed by atoms with E-state index in [9.17, 15) is 4.79 Å². The monoisotopic (exact) mass is 504 g/mol. The second-order valence-corrected chi connectivity index (χ2v) is 13.1. The first kappa shape index (κ1) is 24.2. The zero-order chi connectivity index (χ0) is 24.9. The van der Waals surface area contributed by atoms with E-state index in [0.717, 1.165) is 36.9 Å². The quantitative estimate of drug-likeness (QED) is 0.419. The summed E-state index contributed by atoms with van der Waals surface area (Å²) in [5.41, 5.74) is 4.63. The molecule has 2 aromatic rings. The fraction of sp³-hybridized carbons (Fsp3) is 0.613. The Morgan fingerprint density at radius 1 is 1.14 bits per heavy atom. The number of fused-ring (bicyclic) bond motifs is 7. The van der Waals surface area contributed by atoms with Crippen LogP contribution in [0.25, 0.3) is 5.57 Å². The average Bonchev–Trinajstić information content (AvgIpc) is 3.45. The van der Waals surface area contributed by atoms with E-state index in [1.54, 1.807) is 5.57 Å². The Balaban J connectivity index is 1.20. The number of nitrogens with zero attached hydrogens (tertiary/aromatic N) is 1. The molecule has 6 atom stereocenters. The van der Waals surface area contributed by atoms with E-state index in [2.05, 4.69) is 55.6 Å². The predicted octanol–water partition coefficient (Wildman–Crippen LogP) is 7.30. The van der Waals surface area contributed by atoms with Gasteiger partial charge in [-0.3, -0.25) is 4.79 Å². The minimum atomic E-state index is -0.0278. The number of nitrogens with one attached hydrogen (secondary N) is 1. The topological polar surface area (TPSA) is 51.2 Å². The van der Waals surface area contributed by atoms with Crippen LogP contribution in [0.3, 0.4) is 0 Å². The summed E-state index contributed by atoms with van der Waals surface area (Å²) in [4.78, 5) is 18.6. The Morgan fingerprint density at radius 2 is 1.97 bits per heavy atom. The molecule has 1 aromatic heterocycles. The number of carbonyl (C=O) groups excluding carboxylic acids is 1. The highest BCUT2D eigenvalue weighted by molar-refractivity contribution is 7.16. The molecular weight excluding hydrogens is 464 g/mol. The minimum Gasteiger partial charge on any atom is -0.462 e. The smallest absolute Gasteiger partial charge is 0.305 e. The van der Waals surface area contributed by atoms with Gasteiger partial charge in [-0.25, -0.2) is 4.98 Å². The number of thiazole rings is 1. The first-order valence-corrected chi connectivity index (χ1v) is 14.9. The molecule has 1 aromatic carbocycles. The molecule has 0 bridgehead atoms. The van der Waals surface area contributed by atoms with E-state index >= 15 is 0 Å². The number of hydrogen-bond acceptors (Lipinski definition) is 5. The Kier molecular flexibility index (Phi) is 6.26. The number of aromatic nitrogens is 1. The van der Waals surface area contributed by atoms with Gasteiger partial charge in [0.2, 0.25) is 0 Å². The van der Waals surface area contributed by atoms with Crippen molar-refractivity contribution in [2.24, 2.45) is 28.6 Å². The maximum Gasteiger partial charge on any atom is 0.305 e. The Morgan fingerprint density at radius 3 is 2.78 bits per heavy atom. The lowest BCUT2D eigenvalue weighted by Crippen LogP contribution is -2.50. The second-order valence-electron chi connectivity index (χ2n) is 12.1. The SMILES string of the molecule is CCC(=O)O[C@H]1CC[C@H]2[C@@H]3CC=C4c5sc(NCCc6ccccc6)nc5CC[C@]4(C)[C@H]3CC[C@]12C. The van der Waals surface area contributed by atoms with Gasteiger partial charge in [0.15, 0.2) is 5.13 Å². The standard InChI is InChI=1S/C31H40N2O2S/c1-4-27(34)35-26-13-12-22-21-10-11-24-28-25(15-18-30(24,2)23(21)14-17-31(22,26)3)33-29(36-28)32-19-16-20-8-6-5-7-9-20/h5-9,11,21-23,26H,4,10,12-19H2,1-3H3,(H,32,33)/t21-,22-,23-,26-,30+,31-/m0/s1. The molecular formula is C31H40N2O2S. The van der Waals surface area contributed by atoms with Gasteiger partial charge in [0, 0.05) is 18.4 Å². The highest BCUT2D eigenvalue weighted by Crippen LogP contribution is 2.66. The first-order valence-electron chi connectivity index (χ1n) is 14.1. The summed E-state index contributed by atoms with van der Waals surface area (Å²) in [7, 11) is 0. The molecule has 5 heteroatoms. The lowest BCUT2D eigenvalue weighted by atomic mass is 9.48. The van der Waals surface area contributed by atoms with Crippen LogP contribution in [0.1, 0.15) is 81.9 Å². The number of hydrogen-bond donors (Lipinski definition) is 1. The summed E-state index contributed by atoms with van der Waals surface area (Å²) in [6.07, 6.45) is 12.3. The van der Waals surface area contributed by atoms with Crippen LogP contribution >= 0.6 is 11.3 Å². The van der Waals surface area contributed by atoms with Crippen LogP contribution in [-0.4, -0.2) is 23.6 Å². The van der Waals surface area contributed by atoms with Crippen LogP contribution in [0.15, 0.2) is 36.4 Å². The minimum absolute atomic E-state index is 0.0278. The highest BCUT2D eigenvalue weighted by Gasteiger charge is 2.60. The predicted molar refractivity (Wildman–Crippen MR) is 147 cm³/mol. The zero-order valence-corrected chi connectivity index (χ0v) is 22.8. The average molecular weight is 505 g/mol. The van der Waals surface area contributed by atoms with Crippen molar-refractivity contribution in [2.75, 3.05) is 11.9 Å². The molecule has 36 heavy (non-hydrogen) atoms. The number of allylic oxidation sites excluding steroid dienone is 2. The number of rotatable bonds is 6.